The number of ether oxygens (including phenoxy) is 7. The summed E-state index contributed by atoms with van der Waals surface area (Å²) in [6.45, 7) is -0.657. The van der Waals surface area contributed by atoms with Crippen molar-refractivity contribution in [1.29, 1.82) is 0 Å². The summed E-state index contributed by atoms with van der Waals surface area (Å²) in [6, 6.07) is -2.51. The largest absolute Gasteiger partial charge is 0.479 e. The van der Waals surface area contributed by atoms with Crippen LogP contribution in [-0.2, 0) is 52.3 Å². The van der Waals surface area contributed by atoms with Crippen molar-refractivity contribution >= 4 is 23.8 Å². The van der Waals surface area contributed by atoms with E-state index < -0.39 is 185 Å². The summed E-state index contributed by atoms with van der Waals surface area (Å²) in [4.78, 5) is 48.1. The molecule has 0 aliphatic carbocycles. The van der Waals surface area contributed by atoms with E-state index in [0.717, 1.165) is 20.8 Å². The van der Waals surface area contributed by atoms with Crippen LogP contribution in [-0.4, -0.2) is 228 Å². The van der Waals surface area contributed by atoms with Gasteiger partial charge in [0, 0.05) is 31.6 Å². The third kappa shape index (κ3) is 10.6. The summed E-state index contributed by atoms with van der Waals surface area (Å²) in [7, 11) is 0. The molecule has 20 atom stereocenters. The second-order valence-electron chi connectivity index (χ2n) is 14.9. The predicted octanol–water partition coefficient (Wildman–Crippen LogP) is -8.10. The normalized spacial score (nSPS) is 44.6. The van der Waals surface area contributed by atoms with E-state index in [2.05, 4.69) is 10.6 Å². The third-order valence-corrected chi connectivity index (χ3v) is 10.7. The number of amides is 2. The number of aliphatic hydroxyl groups is 10. The van der Waals surface area contributed by atoms with Gasteiger partial charge in [0.1, 0.15) is 42.2 Å². The van der Waals surface area contributed by atoms with Crippen LogP contribution in [0.5, 0.6) is 0 Å². The molecule has 0 aromatic heterocycles. The molecule has 0 saturated carbocycles. The minimum atomic E-state index is -2.38. The molecule has 2 amide bonds. The van der Waals surface area contributed by atoms with E-state index in [0.29, 0.717) is 0 Å². The second-order valence-corrected chi connectivity index (χ2v) is 14.9. The first kappa shape index (κ1) is 47.9. The van der Waals surface area contributed by atoms with Crippen molar-refractivity contribution in [3.8, 4) is 0 Å². The Labute approximate surface area is 329 Å². The number of rotatable bonds is 16. The SMILES string of the molecule is CC(=O)NC1[C@H](O)OC(CO)[C@@H](O)[C@H]1CO[C@@H]1OC(C(=O)O)[C@@H](COC[C@@H]2OC(CO)[C@@H](O)[C@@H](CO[C@@H]3OC(C(=O)O)[C@@H](O)[C@@H](O)C3O)C2NC(C)=O)[C@@H](O)C1(C)O. The van der Waals surface area contributed by atoms with Gasteiger partial charge in [0.2, 0.25) is 11.8 Å². The molecule has 0 radical (unpaired) electrons. The molecule has 25 nitrogen and oxygen atoms in total. The van der Waals surface area contributed by atoms with Crippen LogP contribution in [0.1, 0.15) is 20.8 Å². The Kier molecular flexibility index (Phi) is 16.7. The van der Waals surface area contributed by atoms with Gasteiger partial charge in [0.05, 0.1) is 70.0 Å². The standard InChI is InChI=1S/C33H54N2O23/c1-10(38)34-18-12(7-53-31-24(44)22(42)23(43)26(57-31)29(48)49)20(40)15(4-36)55-17(18)9-52-6-14-25(28(46)47)58-32(33(3,51)27(14)45)54-8-13-19(35-11(2)39)30(50)56-16(5-37)21(13)41/h12-27,30-32,36-37,40-45,50-51H,4-9H2,1-3H3,(H,34,38)(H,35,39)(H,46,47)(H,48,49)/t12-,13-,14+,15?,16?,17-,18?,19?,20-,21-,22+,23-,24?,25?,26?,27+,30+,31+,32+,33?/m0/s1. The van der Waals surface area contributed by atoms with Gasteiger partial charge in [0.15, 0.2) is 31.1 Å². The summed E-state index contributed by atoms with van der Waals surface area (Å²) in [5.41, 5.74) is -2.38. The first-order chi connectivity index (χ1) is 27.2. The monoisotopic (exact) mass is 846 g/mol. The molecule has 0 bridgehead atoms. The van der Waals surface area contributed by atoms with Gasteiger partial charge in [-0.2, -0.15) is 0 Å². The summed E-state index contributed by atoms with van der Waals surface area (Å²) in [5.74, 6) is -8.53. The summed E-state index contributed by atoms with van der Waals surface area (Å²) >= 11 is 0. The molecule has 4 fully saturated rings. The van der Waals surface area contributed by atoms with E-state index in [1.807, 2.05) is 0 Å². The maximum absolute atomic E-state index is 12.4. The second kappa shape index (κ2) is 20.2. The molecule has 25 heteroatoms. The van der Waals surface area contributed by atoms with Crippen molar-refractivity contribution in [3.63, 3.8) is 0 Å². The first-order valence-electron chi connectivity index (χ1n) is 18.3. The molecule has 4 saturated heterocycles. The van der Waals surface area contributed by atoms with Crippen molar-refractivity contribution in [1.82, 2.24) is 10.6 Å². The average molecular weight is 847 g/mol. The highest BCUT2D eigenvalue weighted by molar-refractivity contribution is 5.74. The highest BCUT2D eigenvalue weighted by Crippen LogP contribution is 2.37. The van der Waals surface area contributed by atoms with Gasteiger partial charge in [-0.15, -0.1) is 0 Å². The predicted molar refractivity (Wildman–Crippen MR) is 181 cm³/mol. The van der Waals surface area contributed by atoms with Crippen LogP contribution < -0.4 is 10.6 Å². The topological polar surface area (TPSA) is 400 Å². The van der Waals surface area contributed by atoms with Crippen LogP contribution in [0.4, 0.5) is 0 Å². The molecular weight excluding hydrogens is 792 g/mol. The van der Waals surface area contributed by atoms with E-state index in [1.54, 1.807) is 0 Å². The smallest absolute Gasteiger partial charge is 0.335 e. The maximum atomic E-state index is 12.4. The zero-order valence-corrected chi connectivity index (χ0v) is 31.6. The van der Waals surface area contributed by atoms with Gasteiger partial charge in [-0.25, -0.2) is 9.59 Å². The van der Waals surface area contributed by atoms with Crippen LogP contribution in [0.15, 0.2) is 0 Å². The van der Waals surface area contributed by atoms with Gasteiger partial charge in [0.25, 0.3) is 0 Å². The molecule has 4 heterocycles. The molecular formula is C33H54N2O23. The molecule has 4 aliphatic heterocycles. The lowest BCUT2D eigenvalue weighted by Gasteiger charge is -2.48. The molecule has 8 unspecified atom stereocenters. The van der Waals surface area contributed by atoms with E-state index >= 15 is 0 Å². The molecule has 0 spiro atoms. The van der Waals surface area contributed by atoms with Gasteiger partial charge >= 0.3 is 11.9 Å². The lowest BCUT2D eigenvalue weighted by atomic mass is 9.81. The molecule has 4 aliphatic rings. The van der Waals surface area contributed by atoms with Crippen LogP contribution >= 0.6 is 0 Å². The summed E-state index contributed by atoms with van der Waals surface area (Å²) < 4.78 is 38.6. The Morgan fingerprint density at radius 3 is 1.69 bits per heavy atom. The quantitative estimate of drug-likeness (QED) is 0.0686. The maximum Gasteiger partial charge on any atom is 0.335 e. The van der Waals surface area contributed by atoms with E-state index in [9.17, 15) is 80.5 Å². The van der Waals surface area contributed by atoms with E-state index in [-0.39, 0.29) is 0 Å². The van der Waals surface area contributed by atoms with Gasteiger partial charge < -0.3 is 105 Å². The van der Waals surface area contributed by atoms with Crippen molar-refractivity contribution < 1.29 is 114 Å². The van der Waals surface area contributed by atoms with Gasteiger partial charge in [-0.3, -0.25) is 9.59 Å². The molecule has 0 aromatic rings. The molecule has 58 heavy (non-hydrogen) atoms. The van der Waals surface area contributed by atoms with Crippen LogP contribution in [0, 0.1) is 17.8 Å². The number of carboxylic acids is 2. The summed E-state index contributed by atoms with van der Waals surface area (Å²) in [5, 5.41) is 130. The van der Waals surface area contributed by atoms with Gasteiger partial charge in [-0.05, 0) is 6.92 Å². The number of carbonyl (C=O) groups excluding carboxylic acids is 2. The minimum Gasteiger partial charge on any atom is -0.479 e. The number of aliphatic hydroxyl groups excluding tert-OH is 9. The Morgan fingerprint density at radius 2 is 1.14 bits per heavy atom. The van der Waals surface area contributed by atoms with Crippen LogP contribution in [0.3, 0.4) is 0 Å². The van der Waals surface area contributed by atoms with Crippen molar-refractivity contribution in [2.75, 3.05) is 39.6 Å². The van der Waals surface area contributed by atoms with Crippen molar-refractivity contribution in [2.24, 2.45) is 17.8 Å². The lowest BCUT2D eigenvalue weighted by Crippen LogP contribution is -2.66. The van der Waals surface area contributed by atoms with Gasteiger partial charge in [-0.1, -0.05) is 0 Å². The third-order valence-electron chi connectivity index (χ3n) is 10.7. The highest BCUT2D eigenvalue weighted by Gasteiger charge is 2.56. The van der Waals surface area contributed by atoms with E-state index in [4.69, 9.17) is 33.2 Å². The molecule has 0 aromatic carbocycles. The fourth-order valence-corrected chi connectivity index (χ4v) is 7.55. The van der Waals surface area contributed by atoms with Crippen molar-refractivity contribution in [2.45, 2.75) is 124 Å². The average Bonchev–Trinajstić information content (AvgIpc) is 3.14. The van der Waals surface area contributed by atoms with Crippen LogP contribution in [0.25, 0.3) is 0 Å². The first-order valence-corrected chi connectivity index (χ1v) is 18.3. The van der Waals surface area contributed by atoms with Crippen molar-refractivity contribution in [3.05, 3.63) is 0 Å². The number of nitrogens with one attached hydrogen (secondary N) is 2. The Hall–Kier alpha value is -2.80. The van der Waals surface area contributed by atoms with Crippen LogP contribution in [0.2, 0.25) is 0 Å². The zero-order chi connectivity index (χ0) is 43.4. The Bertz CT molecular complexity index is 1410. The Balaban J connectivity index is 1.47. The fourth-order valence-electron chi connectivity index (χ4n) is 7.55. The molecule has 4 rings (SSSR count). The molecule has 334 valence electrons. The Morgan fingerprint density at radius 1 is 0.603 bits per heavy atom. The molecule has 14 N–H and O–H groups in total. The number of hydrogen-bond acceptors (Lipinski definition) is 21. The minimum absolute atomic E-state index is 0.530. The number of carboxylic acid groups (broad SMARTS) is 2. The summed E-state index contributed by atoms with van der Waals surface area (Å²) in [6.07, 6.45) is -24.4. The highest BCUT2D eigenvalue weighted by atomic mass is 16.7. The fraction of sp³-hybridized carbons (Fsp3) is 0.879. The number of hydrogen-bond donors (Lipinski definition) is 14. The lowest BCUT2D eigenvalue weighted by molar-refractivity contribution is -0.332. The number of carbonyl (C=O) groups is 4. The number of aliphatic carboxylic acids is 2. The zero-order valence-electron chi connectivity index (χ0n) is 31.6. The van der Waals surface area contributed by atoms with E-state index in [1.165, 1.54) is 0 Å².